The molecule has 0 saturated heterocycles. The second kappa shape index (κ2) is 5.96. The average molecular weight is 307 g/mol. The summed E-state index contributed by atoms with van der Waals surface area (Å²) in [6.45, 7) is 3.86. The minimum Gasteiger partial charge on any atom is -0.507 e. The number of aromatic amines is 1. The summed E-state index contributed by atoms with van der Waals surface area (Å²) >= 11 is 0. The lowest BCUT2D eigenvalue weighted by molar-refractivity contribution is 0.102. The summed E-state index contributed by atoms with van der Waals surface area (Å²) in [6.07, 6.45) is 0. The van der Waals surface area contributed by atoms with Crippen molar-refractivity contribution in [2.75, 3.05) is 5.32 Å². The second-order valence-electron chi connectivity index (χ2n) is 5.51. The summed E-state index contributed by atoms with van der Waals surface area (Å²) < 4.78 is 0. The number of phenols is 1. The van der Waals surface area contributed by atoms with Gasteiger partial charge in [-0.2, -0.15) is 5.10 Å². The Morgan fingerprint density at radius 2 is 1.87 bits per heavy atom. The number of aromatic hydroxyl groups is 1. The van der Waals surface area contributed by atoms with Crippen LogP contribution in [0.4, 0.5) is 5.69 Å². The van der Waals surface area contributed by atoms with Gasteiger partial charge in [-0.15, -0.1) is 0 Å². The Morgan fingerprint density at radius 3 is 2.61 bits per heavy atom. The van der Waals surface area contributed by atoms with Crippen molar-refractivity contribution in [3.8, 4) is 17.0 Å². The van der Waals surface area contributed by atoms with Gasteiger partial charge in [0.2, 0.25) is 0 Å². The number of benzene rings is 2. The van der Waals surface area contributed by atoms with Crippen LogP contribution in [-0.2, 0) is 0 Å². The van der Waals surface area contributed by atoms with Crippen molar-refractivity contribution in [3.05, 3.63) is 65.4 Å². The zero-order valence-corrected chi connectivity index (χ0v) is 12.9. The summed E-state index contributed by atoms with van der Waals surface area (Å²) in [6, 6.07) is 14.5. The number of amides is 1. The number of hydrogen-bond donors (Lipinski definition) is 3. The lowest BCUT2D eigenvalue weighted by Crippen LogP contribution is -2.12. The van der Waals surface area contributed by atoms with Crippen molar-refractivity contribution < 1.29 is 9.90 Å². The monoisotopic (exact) mass is 307 g/mol. The third-order valence-corrected chi connectivity index (χ3v) is 3.53. The third kappa shape index (κ3) is 3.23. The predicted molar refractivity (Wildman–Crippen MR) is 89.6 cm³/mol. The SMILES string of the molecule is Cc1cccc(NC(=O)c2cc(-c3ccc(C)cc3O)n[nH]2)c1. The van der Waals surface area contributed by atoms with Crippen LogP contribution in [0.5, 0.6) is 5.75 Å². The number of rotatable bonds is 3. The summed E-state index contributed by atoms with van der Waals surface area (Å²) in [5.41, 5.74) is 4.20. The molecule has 3 aromatic rings. The lowest BCUT2D eigenvalue weighted by Gasteiger charge is -2.04. The summed E-state index contributed by atoms with van der Waals surface area (Å²) in [4.78, 5) is 12.3. The first-order valence-corrected chi connectivity index (χ1v) is 7.26. The van der Waals surface area contributed by atoms with E-state index in [-0.39, 0.29) is 11.7 Å². The molecule has 3 rings (SSSR count). The van der Waals surface area contributed by atoms with Crippen molar-refractivity contribution >= 4 is 11.6 Å². The van der Waals surface area contributed by atoms with E-state index in [1.54, 1.807) is 18.2 Å². The third-order valence-electron chi connectivity index (χ3n) is 3.53. The Balaban J connectivity index is 1.82. The first-order valence-electron chi connectivity index (χ1n) is 7.26. The van der Waals surface area contributed by atoms with E-state index >= 15 is 0 Å². The minimum absolute atomic E-state index is 0.141. The van der Waals surface area contributed by atoms with Crippen LogP contribution in [0.25, 0.3) is 11.3 Å². The fourth-order valence-corrected chi connectivity index (χ4v) is 2.36. The van der Waals surface area contributed by atoms with Crippen LogP contribution in [0.1, 0.15) is 21.6 Å². The fraction of sp³-hybridized carbons (Fsp3) is 0.111. The molecule has 23 heavy (non-hydrogen) atoms. The normalized spacial score (nSPS) is 10.5. The van der Waals surface area contributed by atoms with E-state index in [9.17, 15) is 9.90 Å². The van der Waals surface area contributed by atoms with Gasteiger partial charge in [0.1, 0.15) is 11.4 Å². The first kappa shape index (κ1) is 14.8. The topological polar surface area (TPSA) is 78.0 Å². The number of carbonyl (C=O) groups is 1. The number of anilines is 1. The van der Waals surface area contributed by atoms with Crippen molar-refractivity contribution in [2.24, 2.45) is 0 Å². The molecule has 0 radical (unpaired) electrons. The Hall–Kier alpha value is -3.08. The van der Waals surface area contributed by atoms with Crippen LogP contribution in [-0.4, -0.2) is 21.2 Å². The zero-order valence-electron chi connectivity index (χ0n) is 12.9. The molecule has 0 atom stereocenters. The van der Waals surface area contributed by atoms with Crippen molar-refractivity contribution in [1.82, 2.24) is 10.2 Å². The molecule has 0 aliphatic carbocycles. The fourth-order valence-electron chi connectivity index (χ4n) is 2.36. The Kier molecular flexibility index (Phi) is 3.85. The molecule has 3 N–H and O–H groups in total. The number of nitrogens with zero attached hydrogens (tertiary/aromatic N) is 1. The van der Waals surface area contributed by atoms with Crippen molar-refractivity contribution in [1.29, 1.82) is 0 Å². The molecule has 0 saturated carbocycles. The maximum atomic E-state index is 12.3. The molecule has 5 heteroatoms. The molecule has 0 unspecified atom stereocenters. The predicted octanol–water partition coefficient (Wildman–Crippen LogP) is 3.65. The summed E-state index contributed by atoms with van der Waals surface area (Å²) in [5.74, 6) is -0.136. The van der Waals surface area contributed by atoms with Crippen molar-refractivity contribution in [2.45, 2.75) is 13.8 Å². The number of aryl methyl sites for hydroxylation is 2. The molecular formula is C18H17N3O2. The summed E-state index contributed by atoms with van der Waals surface area (Å²) in [5, 5.41) is 19.6. The molecule has 0 aliphatic heterocycles. The van der Waals surface area contributed by atoms with E-state index in [0.717, 1.165) is 16.8 Å². The van der Waals surface area contributed by atoms with Crippen molar-refractivity contribution in [3.63, 3.8) is 0 Å². The summed E-state index contributed by atoms with van der Waals surface area (Å²) in [7, 11) is 0. The second-order valence-corrected chi connectivity index (χ2v) is 5.51. The van der Waals surface area contributed by atoms with E-state index in [4.69, 9.17) is 0 Å². The van der Waals surface area contributed by atoms with E-state index in [2.05, 4.69) is 15.5 Å². The van der Waals surface area contributed by atoms with Crippen LogP contribution in [0.15, 0.2) is 48.5 Å². The van der Waals surface area contributed by atoms with Crippen LogP contribution in [0.3, 0.4) is 0 Å². The number of aromatic nitrogens is 2. The van der Waals surface area contributed by atoms with Gasteiger partial charge in [0.25, 0.3) is 5.91 Å². The van der Waals surface area contributed by atoms with E-state index in [1.165, 1.54) is 0 Å². The molecule has 116 valence electrons. The molecule has 0 bridgehead atoms. The van der Waals surface area contributed by atoms with Crippen LogP contribution in [0, 0.1) is 13.8 Å². The lowest BCUT2D eigenvalue weighted by atomic mass is 10.1. The van der Waals surface area contributed by atoms with E-state index in [0.29, 0.717) is 17.0 Å². The van der Waals surface area contributed by atoms with Gasteiger partial charge in [-0.05, 0) is 55.3 Å². The first-order chi connectivity index (χ1) is 11.0. The van der Waals surface area contributed by atoms with Gasteiger partial charge in [0, 0.05) is 11.3 Å². The minimum atomic E-state index is -0.277. The van der Waals surface area contributed by atoms with Crippen LogP contribution in [0.2, 0.25) is 0 Å². The molecule has 0 fully saturated rings. The molecule has 2 aromatic carbocycles. The highest BCUT2D eigenvalue weighted by molar-refractivity contribution is 6.03. The molecule has 0 aliphatic rings. The number of carbonyl (C=O) groups excluding carboxylic acids is 1. The highest BCUT2D eigenvalue weighted by atomic mass is 16.3. The van der Waals surface area contributed by atoms with Gasteiger partial charge in [0.05, 0.1) is 5.69 Å². The number of H-pyrrole nitrogens is 1. The molecule has 1 amide bonds. The number of phenolic OH excluding ortho intramolecular Hbond substituents is 1. The molecule has 5 nitrogen and oxygen atoms in total. The Bertz CT molecular complexity index is 868. The van der Waals surface area contributed by atoms with Gasteiger partial charge in [-0.25, -0.2) is 0 Å². The Morgan fingerprint density at radius 1 is 1.09 bits per heavy atom. The van der Waals surface area contributed by atoms with Gasteiger partial charge >= 0.3 is 0 Å². The molecule has 0 spiro atoms. The van der Waals surface area contributed by atoms with Gasteiger partial charge < -0.3 is 10.4 Å². The van der Waals surface area contributed by atoms with Crippen LogP contribution < -0.4 is 5.32 Å². The average Bonchev–Trinajstić information content (AvgIpc) is 2.97. The highest BCUT2D eigenvalue weighted by Gasteiger charge is 2.13. The number of hydrogen-bond acceptors (Lipinski definition) is 3. The maximum absolute atomic E-state index is 12.3. The van der Waals surface area contributed by atoms with E-state index < -0.39 is 0 Å². The highest BCUT2D eigenvalue weighted by Crippen LogP contribution is 2.28. The molecular weight excluding hydrogens is 290 g/mol. The van der Waals surface area contributed by atoms with Gasteiger partial charge in [0.15, 0.2) is 0 Å². The standard InChI is InChI=1S/C18H17N3O2/c1-11-4-3-5-13(8-11)19-18(23)16-10-15(20-21-16)14-7-6-12(2)9-17(14)22/h3-10,22H,1-2H3,(H,19,23)(H,20,21). The quantitative estimate of drug-likeness (QED) is 0.691. The molecule has 1 aromatic heterocycles. The largest absolute Gasteiger partial charge is 0.507 e. The smallest absolute Gasteiger partial charge is 0.273 e. The van der Waals surface area contributed by atoms with Crippen LogP contribution >= 0.6 is 0 Å². The molecule has 1 heterocycles. The zero-order chi connectivity index (χ0) is 16.4. The number of nitrogens with one attached hydrogen (secondary N) is 2. The maximum Gasteiger partial charge on any atom is 0.273 e. The van der Waals surface area contributed by atoms with Gasteiger partial charge in [-0.1, -0.05) is 18.2 Å². The van der Waals surface area contributed by atoms with Gasteiger partial charge in [-0.3, -0.25) is 9.89 Å². The van der Waals surface area contributed by atoms with E-state index in [1.807, 2.05) is 44.2 Å². The Labute approximate surface area is 134 Å².